The van der Waals surface area contributed by atoms with Gasteiger partial charge >= 0.3 is 0 Å². The molecule has 0 saturated carbocycles. The zero-order valence-corrected chi connectivity index (χ0v) is 27.3. The second-order valence-electron chi connectivity index (χ2n) is 10.2. The number of sulfonamides is 1. The second kappa shape index (κ2) is 15.5. The maximum absolute atomic E-state index is 14.4. The number of carbonyl (C=O) groups is 2. The van der Waals surface area contributed by atoms with E-state index in [-0.39, 0.29) is 34.7 Å². The van der Waals surface area contributed by atoms with Crippen LogP contribution in [0.2, 0.25) is 0 Å². The highest BCUT2D eigenvalue weighted by atomic mass is 32.2. The molecule has 3 rings (SSSR count). The van der Waals surface area contributed by atoms with Gasteiger partial charge in [-0.25, -0.2) is 12.8 Å². The maximum atomic E-state index is 14.4. The fraction of sp³-hybridized carbons (Fsp3) is 0.375. The third-order valence-electron chi connectivity index (χ3n) is 7.31. The molecule has 45 heavy (non-hydrogen) atoms. The molecule has 0 heterocycles. The molecular weight excluding hydrogens is 605 g/mol. The van der Waals surface area contributed by atoms with Gasteiger partial charge in [0.2, 0.25) is 11.8 Å². The molecule has 0 aliphatic rings. The quantitative estimate of drug-likeness (QED) is 0.258. The summed E-state index contributed by atoms with van der Waals surface area (Å²) in [6, 6.07) is 12.9. The third-order valence-corrected chi connectivity index (χ3v) is 9.07. The van der Waals surface area contributed by atoms with Gasteiger partial charge in [0.1, 0.15) is 29.9 Å². The van der Waals surface area contributed by atoms with Crippen molar-refractivity contribution in [3.05, 3.63) is 72.0 Å². The summed E-state index contributed by atoms with van der Waals surface area (Å²) >= 11 is 0. The van der Waals surface area contributed by atoms with E-state index >= 15 is 0 Å². The molecule has 13 heteroatoms. The number of nitrogens with zero attached hydrogens (tertiary/aromatic N) is 2. The van der Waals surface area contributed by atoms with E-state index < -0.39 is 40.2 Å². The van der Waals surface area contributed by atoms with Gasteiger partial charge in [0.05, 0.1) is 39.0 Å². The normalized spacial score (nSPS) is 12.4. The molecule has 3 aromatic rings. The number of ether oxygens (including phenoxy) is 4. The topological polar surface area (TPSA) is 124 Å². The summed E-state index contributed by atoms with van der Waals surface area (Å²) in [5.41, 5.74) is 0.569. The number of amides is 2. The molecule has 0 fully saturated rings. The number of methoxy groups -OCH3 is 4. The Kier molecular flexibility index (Phi) is 12.0. The summed E-state index contributed by atoms with van der Waals surface area (Å²) in [6.07, 6.45) is 0.664. The fourth-order valence-corrected chi connectivity index (χ4v) is 5.88. The zero-order chi connectivity index (χ0) is 33.3. The van der Waals surface area contributed by atoms with Crippen molar-refractivity contribution in [3.63, 3.8) is 0 Å². The Labute approximate surface area is 263 Å². The van der Waals surface area contributed by atoms with Crippen LogP contribution in [0, 0.1) is 5.82 Å². The highest BCUT2D eigenvalue weighted by Gasteiger charge is 2.35. The average Bonchev–Trinajstić information content (AvgIpc) is 3.05. The van der Waals surface area contributed by atoms with E-state index in [1.807, 2.05) is 13.8 Å². The molecule has 11 nitrogen and oxygen atoms in total. The van der Waals surface area contributed by atoms with Crippen molar-refractivity contribution >= 4 is 27.5 Å². The summed E-state index contributed by atoms with van der Waals surface area (Å²) in [5, 5.41) is 2.87. The van der Waals surface area contributed by atoms with Crippen LogP contribution >= 0.6 is 0 Å². The van der Waals surface area contributed by atoms with Crippen LogP contribution in [-0.4, -0.2) is 72.2 Å². The Morgan fingerprint density at radius 1 is 0.844 bits per heavy atom. The van der Waals surface area contributed by atoms with E-state index in [2.05, 4.69) is 5.32 Å². The summed E-state index contributed by atoms with van der Waals surface area (Å²) in [4.78, 5) is 28.5. The lowest BCUT2D eigenvalue weighted by Crippen LogP contribution is -2.52. The molecule has 2 amide bonds. The molecule has 0 spiro atoms. The molecule has 0 unspecified atom stereocenters. The summed E-state index contributed by atoms with van der Waals surface area (Å²) in [5.74, 6) is -0.638. The molecule has 0 aliphatic carbocycles. The van der Waals surface area contributed by atoms with Crippen molar-refractivity contribution in [2.24, 2.45) is 0 Å². The van der Waals surface area contributed by atoms with Crippen LogP contribution < -0.4 is 28.6 Å². The molecule has 0 aromatic heterocycles. The van der Waals surface area contributed by atoms with Crippen molar-refractivity contribution in [2.45, 2.75) is 50.7 Å². The molecule has 3 aromatic carbocycles. The first-order chi connectivity index (χ1) is 21.4. The molecule has 0 saturated heterocycles. The summed E-state index contributed by atoms with van der Waals surface area (Å²) in [6.45, 7) is 4.49. The number of benzene rings is 3. The Bertz CT molecular complexity index is 1580. The standard InChI is InChI=1S/C32H40FN3O8S/c1-8-21(2)34-32(38)22(3)35(19-23-9-11-24(33)12-10-23)31(37)20-36(27-17-25(41-4)13-15-28(27)42-5)45(39,40)26-14-16-29(43-6)30(18-26)44-7/h9-18,21-22H,8,19-20H2,1-7H3,(H,34,38)/t21-,22-/m0/s1. The van der Waals surface area contributed by atoms with Gasteiger partial charge in [0.25, 0.3) is 10.0 Å². The van der Waals surface area contributed by atoms with Crippen molar-refractivity contribution in [3.8, 4) is 23.0 Å². The van der Waals surface area contributed by atoms with Gasteiger partial charge in [-0.15, -0.1) is 0 Å². The van der Waals surface area contributed by atoms with Gasteiger partial charge in [-0.1, -0.05) is 19.1 Å². The highest BCUT2D eigenvalue weighted by Crippen LogP contribution is 2.37. The van der Waals surface area contributed by atoms with Gasteiger partial charge in [-0.3, -0.25) is 13.9 Å². The monoisotopic (exact) mass is 645 g/mol. The minimum absolute atomic E-state index is 0.0263. The molecule has 2 atom stereocenters. The summed E-state index contributed by atoms with van der Waals surface area (Å²) < 4.78 is 64.7. The van der Waals surface area contributed by atoms with Gasteiger partial charge in [-0.05, 0) is 62.2 Å². The van der Waals surface area contributed by atoms with Crippen LogP contribution in [0.4, 0.5) is 10.1 Å². The average molecular weight is 646 g/mol. The Balaban J connectivity index is 2.16. The van der Waals surface area contributed by atoms with Gasteiger partial charge in [0, 0.05) is 24.7 Å². The number of rotatable bonds is 15. The lowest BCUT2D eigenvalue weighted by molar-refractivity contribution is -0.139. The van der Waals surface area contributed by atoms with Crippen LogP contribution in [0.15, 0.2) is 65.6 Å². The molecule has 0 radical (unpaired) electrons. The van der Waals surface area contributed by atoms with Gasteiger partial charge < -0.3 is 29.2 Å². The Morgan fingerprint density at radius 2 is 1.47 bits per heavy atom. The molecule has 0 aliphatic heterocycles. The van der Waals surface area contributed by atoms with Crippen LogP contribution in [0.5, 0.6) is 23.0 Å². The third kappa shape index (κ3) is 8.35. The van der Waals surface area contributed by atoms with Crippen LogP contribution in [0.3, 0.4) is 0 Å². The minimum atomic E-state index is -4.48. The lowest BCUT2D eigenvalue weighted by Gasteiger charge is -2.33. The number of hydrogen-bond donors (Lipinski definition) is 1. The first-order valence-electron chi connectivity index (χ1n) is 14.2. The fourth-order valence-electron chi connectivity index (χ4n) is 4.44. The number of anilines is 1. The van der Waals surface area contributed by atoms with Crippen LogP contribution in [0.25, 0.3) is 0 Å². The molecule has 1 N–H and O–H groups in total. The SMILES string of the molecule is CC[C@H](C)NC(=O)[C@H](C)N(Cc1ccc(F)cc1)C(=O)CN(c1cc(OC)ccc1OC)S(=O)(=O)c1ccc(OC)c(OC)c1. The Hall–Kier alpha value is -4.52. The number of carbonyl (C=O) groups excluding carboxylic acids is 2. The van der Waals surface area contributed by atoms with E-state index in [9.17, 15) is 22.4 Å². The molecule has 244 valence electrons. The zero-order valence-electron chi connectivity index (χ0n) is 26.5. The Morgan fingerprint density at radius 3 is 2.04 bits per heavy atom. The van der Waals surface area contributed by atoms with Crippen LogP contribution in [0.1, 0.15) is 32.8 Å². The predicted molar refractivity (Wildman–Crippen MR) is 168 cm³/mol. The first-order valence-corrected chi connectivity index (χ1v) is 15.6. The smallest absolute Gasteiger partial charge is 0.265 e. The number of halogens is 1. The van der Waals surface area contributed by atoms with Crippen molar-refractivity contribution < 1.29 is 41.3 Å². The predicted octanol–water partition coefficient (Wildman–Crippen LogP) is 4.39. The first kappa shape index (κ1) is 35.0. The van der Waals surface area contributed by atoms with Crippen molar-refractivity contribution in [2.75, 3.05) is 39.3 Å². The lowest BCUT2D eigenvalue weighted by atomic mass is 10.1. The van der Waals surface area contributed by atoms with E-state index in [4.69, 9.17) is 18.9 Å². The number of nitrogens with one attached hydrogen (secondary N) is 1. The van der Waals surface area contributed by atoms with Crippen molar-refractivity contribution in [1.29, 1.82) is 0 Å². The van der Waals surface area contributed by atoms with E-state index in [1.54, 1.807) is 13.0 Å². The largest absolute Gasteiger partial charge is 0.497 e. The number of hydrogen-bond acceptors (Lipinski definition) is 8. The van der Waals surface area contributed by atoms with Gasteiger partial charge in [-0.2, -0.15) is 0 Å². The molecule has 0 bridgehead atoms. The maximum Gasteiger partial charge on any atom is 0.265 e. The van der Waals surface area contributed by atoms with E-state index in [0.29, 0.717) is 23.5 Å². The summed E-state index contributed by atoms with van der Waals surface area (Å²) in [7, 11) is 1.11. The second-order valence-corrected chi connectivity index (χ2v) is 12.1. The van der Waals surface area contributed by atoms with E-state index in [1.165, 1.54) is 87.9 Å². The highest BCUT2D eigenvalue weighted by molar-refractivity contribution is 7.92. The van der Waals surface area contributed by atoms with Crippen LogP contribution in [-0.2, 0) is 26.2 Å². The van der Waals surface area contributed by atoms with Crippen molar-refractivity contribution in [1.82, 2.24) is 10.2 Å². The molecular formula is C32H40FN3O8S. The van der Waals surface area contributed by atoms with Gasteiger partial charge in [0.15, 0.2) is 11.5 Å². The minimum Gasteiger partial charge on any atom is -0.497 e. The van der Waals surface area contributed by atoms with E-state index in [0.717, 1.165) is 4.31 Å².